The Morgan fingerprint density at radius 2 is 2.10 bits per heavy atom. The van der Waals surface area contributed by atoms with Crippen LogP contribution in [0.2, 0.25) is 0 Å². The number of rotatable bonds is 4. The van der Waals surface area contributed by atoms with E-state index in [1.165, 1.54) is 7.11 Å². The van der Waals surface area contributed by atoms with Crippen molar-refractivity contribution in [3.8, 4) is 6.01 Å². The minimum Gasteiger partial charge on any atom is -0.467 e. The standard InChI is InChI=1S/C12H20N6O3/c1-3-21-12(19)18-6-4-8(5-7-18)14-10-15-9(13)16-11(17-10)20-2/h8H,3-7H2,1-2H3,(H3,13,14,15,16,17). The molecule has 0 aromatic carbocycles. The van der Waals surface area contributed by atoms with Gasteiger partial charge in [0, 0.05) is 19.1 Å². The lowest BCUT2D eigenvalue weighted by molar-refractivity contribution is 0.0983. The molecule has 21 heavy (non-hydrogen) atoms. The van der Waals surface area contributed by atoms with Crippen molar-refractivity contribution in [1.29, 1.82) is 0 Å². The third kappa shape index (κ3) is 4.07. The van der Waals surface area contributed by atoms with E-state index in [2.05, 4.69) is 20.3 Å². The SMILES string of the molecule is CCOC(=O)N1CCC(Nc2nc(N)nc(OC)n2)CC1. The Morgan fingerprint density at radius 1 is 1.38 bits per heavy atom. The highest BCUT2D eigenvalue weighted by Gasteiger charge is 2.24. The summed E-state index contributed by atoms with van der Waals surface area (Å²) in [7, 11) is 1.47. The predicted octanol–water partition coefficient (Wildman–Crippen LogP) is 0.495. The summed E-state index contributed by atoms with van der Waals surface area (Å²) in [6, 6.07) is 0.344. The molecule has 116 valence electrons. The Hall–Kier alpha value is -2.32. The number of anilines is 2. The highest BCUT2D eigenvalue weighted by atomic mass is 16.6. The van der Waals surface area contributed by atoms with E-state index in [1.54, 1.807) is 11.8 Å². The van der Waals surface area contributed by atoms with Crippen LogP contribution in [0.4, 0.5) is 16.7 Å². The lowest BCUT2D eigenvalue weighted by Gasteiger charge is -2.31. The van der Waals surface area contributed by atoms with Crippen LogP contribution in [0.15, 0.2) is 0 Å². The maximum Gasteiger partial charge on any atom is 0.409 e. The molecule has 1 aliphatic heterocycles. The first-order valence-electron chi connectivity index (χ1n) is 6.86. The number of hydrogen-bond donors (Lipinski definition) is 2. The number of carbonyl (C=O) groups is 1. The number of aromatic nitrogens is 3. The number of likely N-dealkylation sites (tertiary alicyclic amines) is 1. The fourth-order valence-electron chi connectivity index (χ4n) is 2.13. The number of ether oxygens (including phenoxy) is 2. The fraction of sp³-hybridized carbons (Fsp3) is 0.667. The first-order chi connectivity index (χ1) is 10.1. The topological polar surface area (TPSA) is 115 Å². The van der Waals surface area contributed by atoms with Crippen molar-refractivity contribution in [2.24, 2.45) is 0 Å². The number of nitrogens with two attached hydrogens (primary N) is 1. The Bertz CT molecular complexity index is 490. The molecule has 0 aliphatic carbocycles. The van der Waals surface area contributed by atoms with Gasteiger partial charge in [0.1, 0.15) is 0 Å². The highest BCUT2D eigenvalue weighted by molar-refractivity contribution is 5.67. The van der Waals surface area contributed by atoms with Gasteiger partial charge < -0.3 is 25.4 Å². The third-order valence-electron chi connectivity index (χ3n) is 3.17. The fourth-order valence-corrected chi connectivity index (χ4v) is 2.13. The molecule has 1 aromatic heterocycles. The zero-order valence-electron chi connectivity index (χ0n) is 12.2. The smallest absolute Gasteiger partial charge is 0.409 e. The van der Waals surface area contributed by atoms with Gasteiger partial charge in [0.25, 0.3) is 0 Å². The Balaban J connectivity index is 1.89. The van der Waals surface area contributed by atoms with Crippen molar-refractivity contribution in [1.82, 2.24) is 19.9 Å². The van der Waals surface area contributed by atoms with Crippen molar-refractivity contribution in [2.45, 2.75) is 25.8 Å². The van der Waals surface area contributed by atoms with E-state index >= 15 is 0 Å². The number of hydrogen-bond acceptors (Lipinski definition) is 8. The molecule has 1 amide bonds. The molecule has 1 fully saturated rings. The summed E-state index contributed by atoms with van der Waals surface area (Å²) in [5, 5.41) is 3.19. The van der Waals surface area contributed by atoms with Gasteiger partial charge in [-0.3, -0.25) is 0 Å². The van der Waals surface area contributed by atoms with Crippen molar-refractivity contribution in [3.63, 3.8) is 0 Å². The average Bonchev–Trinajstić information content (AvgIpc) is 2.47. The first-order valence-corrected chi connectivity index (χ1v) is 6.86. The molecular weight excluding hydrogens is 276 g/mol. The molecule has 0 radical (unpaired) electrons. The van der Waals surface area contributed by atoms with E-state index in [1.807, 2.05) is 0 Å². The van der Waals surface area contributed by atoms with Gasteiger partial charge in [-0.15, -0.1) is 0 Å². The van der Waals surface area contributed by atoms with Gasteiger partial charge in [0.15, 0.2) is 0 Å². The Kier molecular flexibility index (Phi) is 4.96. The summed E-state index contributed by atoms with van der Waals surface area (Å²) in [6.45, 7) is 3.45. The maximum atomic E-state index is 11.6. The monoisotopic (exact) mass is 296 g/mol. The molecule has 1 aliphatic rings. The largest absolute Gasteiger partial charge is 0.467 e. The van der Waals surface area contributed by atoms with Crippen LogP contribution < -0.4 is 15.8 Å². The van der Waals surface area contributed by atoms with E-state index in [-0.39, 0.29) is 24.1 Å². The Morgan fingerprint density at radius 3 is 2.71 bits per heavy atom. The van der Waals surface area contributed by atoms with Crippen LogP contribution in [0.3, 0.4) is 0 Å². The van der Waals surface area contributed by atoms with Gasteiger partial charge in [-0.1, -0.05) is 0 Å². The number of nitrogen functional groups attached to an aromatic ring is 1. The van der Waals surface area contributed by atoms with Crippen LogP contribution in [0.25, 0.3) is 0 Å². The first kappa shape index (κ1) is 15.1. The minimum absolute atomic E-state index is 0.105. The normalized spacial score (nSPS) is 15.6. The van der Waals surface area contributed by atoms with Gasteiger partial charge in [-0.25, -0.2) is 4.79 Å². The summed E-state index contributed by atoms with van der Waals surface area (Å²) in [6.07, 6.45) is 1.31. The lowest BCUT2D eigenvalue weighted by atomic mass is 10.1. The number of piperidine rings is 1. The van der Waals surface area contributed by atoms with Crippen LogP contribution in [0, 0.1) is 0 Å². The summed E-state index contributed by atoms with van der Waals surface area (Å²) in [5.41, 5.74) is 5.58. The van der Waals surface area contributed by atoms with Crippen LogP contribution in [-0.4, -0.2) is 58.8 Å². The second kappa shape index (κ2) is 6.91. The van der Waals surface area contributed by atoms with Crippen molar-refractivity contribution in [2.75, 3.05) is 37.9 Å². The quantitative estimate of drug-likeness (QED) is 0.825. The van der Waals surface area contributed by atoms with Crippen molar-refractivity contribution < 1.29 is 14.3 Å². The van der Waals surface area contributed by atoms with Crippen molar-refractivity contribution >= 4 is 18.0 Å². The van der Waals surface area contributed by atoms with Crippen LogP contribution in [0.5, 0.6) is 6.01 Å². The maximum absolute atomic E-state index is 11.6. The summed E-state index contributed by atoms with van der Waals surface area (Å²) in [4.78, 5) is 25.2. The Labute approximate surface area is 122 Å². The van der Waals surface area contributed by atoms with Gasteiger partial charge in [0.2, 0.25) is 11.9 Å². The zero-order chi connectivity index (χ0) is 15.2. The van der Waals surface area contributed by atoms with Crippen LogP contribution in [-0.2, 0) is 4.74 Å². The van der Waals surface area contributed by atoms with E-state index in [4.69, 9.17) is 15.2 Å². The number of nitrogens with zero attached hydrogens (tertiary/aromatic N) is 4. The van der Waals surface area contributed by atoms with Gasteiger partial charge >= 0.3 is 12.1 Å². The molecular formula is C12H20N6O3. The molecule has 9 heteroatoms. The number of methoxy groups -OCH3 is 1. The van der Waals surface area contributed by atoms with E-state index in [0.29, 0.717) is 25.6 Å². The number of carbonyl (C=O) groups excluding carboxylic acids is 1. The van der Waals surface area contributed by atoms with Crippen LogP contribution in [0.1, 0.15) is 19.8 Å². The van der Waals surface area contributed by atoms with Crippen molar-refractivity contribution in [3.05, 3.63) is 0 Å². The predicted molar refractivity (Wildman–Crippen MR) is 76.0 cm³/mol. The van der Waals surface area contributed by atoms with E-state index in [9.17, 15) is 4.79 Å². The molecule has 2 heterocycles. The van der Waals surface area contributed by atoms with Gasteiger partial charge in [-0.2, -0.15) is 15.0 Å². The average molecular weight is 296 g/mol. The minimum atomic E-state index is -0.262. The number of amides is 1. The second-order valence-electron chi connectivity index (χ2n) is 4.61. The van der Waals surface area contributed by atoms with Crippen LogP contribution >= 0.6 is 0 Å². The van der Waals surface area contributed by atoms with Gasteiger partial charge in [0.05, 0.1) is 13.7 Å². The van der Waals surface area contributed by atoms with E-state index in [0.717, 1.165) is 12.8 Å². The number of nitrogens with one attached hydrogen (secondary N) is 1. The molecule has 0 saturated carbocycles. The molecule has 0 spiro atoms. The summed E-state index contributed by atoms with van der Waals surface area (Å²) in [5.74, 6) is 0.488. The summed E-state index contributed by atoms with van der Waals surface area (Å²) >= 11 is 0. The zero-order valence-corrected chi connectivity index (χ0v) is 12.2. The second-order valence-corrected chi connectivity index (χ2v) is 4.61. The third-order valence-corrected chi connectivity index (χ3v) is 3.17. The molecule has 3 N–H and O–H groups in total. The molecule has 0 bridgehead atoms. The van der Waals surface area contributed by atoms with Gasteiger partial charge in [-0.05, 0) is 19.8 Å². The highest BCUT2D eigenvalue weighted by Crippen LogP contribution is 2.16. The molecule has 1 saturated heterocycles. The molecule has 0 atom stereocenters. The summed E-state index contributed by atoms with van der Waals surface area (Å²) < 4.78 is 9.93. The lowest BCUT2D eigenvalue weighted by Crippen LogP contribution is -2.42. The molecule has 0 unspecified atom stereocenters. The van der Waals surface area contributed by atoms with E-state index < -0.39 is 0 Å². The molecule has 2 rings (SSSR count). The molecule has 1 aromatic rings. The molecule has 9 nitrogen and oxygen atoms in total.